The molecule has 0 radical (unpaired) electrons. The topological polar surface area (TPSA) is 35.6 Å². The minimum absolute atomic E-state index is 0.137. The van der Waals surface area contributed by atoms with Crippen molar-refractivity contribution in [3.8, 4) is 0 Å². The maximum Gasteiger partial charge on any atom is 0.136 e. The number of carbonyl (C=O) groups is 1. The standard InChI is InChI=1S/C18H35N3O/c1-5-18(22)15(4)12-19-17(14(2)3)13-20-8-10-21(11-9-20)16-6-7-16/h14-17,19H,5-13H2,1-4H3. The normalized spacial score (nSPS) is 23.7. The summed E-state index contributed by atoms with van der Waals surface area (Å²) >= 11 is 0. The molecule has 4 nitrogen and oxygen atoms in total. The molecule has 0 aromatic carbocycles. The largest absolute Gasteiger partial charge is 0.312 e. The number of nitrogens with zero attached hydrogens (tertiary/aromatic N) is 2. The lowest BCUT2D eigenvalue weighted by Crippen LogP contribution is -2.52. The first-order valence-electron chi connectivity index (χ1n) is 9.23. The highest BCUT2D eigenvalue weighted by Crippen LogP contribution is 2.27. The molecule has 0 aromatic rings. The summed E-state index contributed by atoms with van der Waals surface area (Å²) in [6.07, 6.45) is 3.48. The Kier molecular flexibility index (Phi) is 6.85. The Morgan fingerprint density at radius 1 is 1.14 bits per heavy atom. The first-order chi connectivity index (χ1) is 10.5. The molecule has 1 saturated carbocycles. The van der Waals surface area contributed by atoms with Crippen LogP contribution >= 0.6 is 0 Å². The van der Waals surface area contributed by atoms with Gasteiger partial charge in [-0.15, -0.1) is 0 Å². The van der Waals surface area contributed by atoms with Crippen LogP contribution in [0, 0.1) is 11.8 Å². The van der Waals surface area contributed by atoms with Crippen molar-refractivity contribution in [3.05, 3.63) is 0 Å². The fourth-order valence-corrected chi connectivity index (χ4v) is 3.33. The molecule has 128 valence electrons. The molecule has 1 aliphatic carbocycles. The molecule has 4 heteroatoms. The Morgan fingerprint density at radius 3 is 2.27 bits per heavy atom. The molecule has 0 amide bonds. The molecular weight excluding hydrogens is 274 g/mol. The summed E-state index contributed by atoms with van der Waals surface area (Å²) in [5, 5.41) is 3.65. The van der Waals surface area contributed by atoms with E-state index in [2.05, 4.69) is 29.0 Å². The third kappa shape index (κ3) is 5.32. The van der Waals surface area contributed by atoms with Crippen LogP contribution in [-0.4, -0.2) is 66.9 Å². The third-order valence-electron chi connectivity index (χ3n) is 5.31. The van der Waals surface area contributed by atoms with Gasteiger partial charge in [-0.2, -0.15) is 0 Å². The zero-order chi connectivity index (χ0) is 16.1. The van der Waals surface area contributed by atoms with Crippen molar-refractivity contribution in [2.75, 3.05) is 39.3 Å². The van der Waals surface area contributed by atoms with E-state index in [1.807, 2.05) is 13.8 Å². The number of Topliss-reactive ketones (excluding diaryl/α,β-unsaturated/α-hetero) is 1. The van der Waals surface area contributed by atoms with E-state index in [9.17, 15) is 4.79 Å². The SMILES string of the molecule is CCC(=O)C(C)CNC(CN1CCN(C2CC2)CC1)C(C)C. The smallest absolute Gasteiger partial charge is 0.136 e. The molecule has 2 unspecified atom stereocenters. The van der Waals surface area contributed by atoms with E-state index >= 15 is 0 Å². The van der Waals surface area contributed by atoms with Crippen molar-refractivity contribution in [3.63, 3.8) is 0 Å². The molecule has 1 aliphatic heterocycles. The first kappa shape index (κ1) is 17.9. The summed E-state index contributed by atoms with van der Waals surface area (Å²) < 4.78 is 0. The van der Waals surface area contributed by atoms with Gasteiger partial charge in [-0.05, 0) is 18.8 Å². The van der Waals surface area contributed by atoms with Gasteiger partial charge in [0.15, 0.2) is 0 Å². The van der Waals surface area contributed by atoms with Gasteiger partial charge in [-0.3, -0.25) is 14.6 Å². The average Bonchev–Trinajstić information content (AvgIpc) is 3.35. The van der Waals surface area contributed by atoms with Crippen LogP contribution in [0.15, 0.2) is 0 Å². The van der Waals surface area contributed by atoms with E-state index in [1.54, 1.807) is 0 Å². The fourth-order valence-electron chi connectivity index (χ4n) is 3.33. The fraction of sp³-hybridized carbons (Fsp3) is 0.944. The molecular formula is C18H35N3O. The monoisotopic (exact) mass is 309 g/mol. The van der Waals surface area contributed by atoms with E-state index in [4.69, 9.17) is 0 Å². The van der Waals surface area contributed by atoms with Crippen molar-refractivity contribution in [1.82, 2.24) is 15.1 Å². The third-order valence-corrected chi connectivity index (χ3v) is 5.31. The second-order valence-electron chi connectivity index (χ2n) is 7.55. The van der Waals surface area contributed by atoms with Crippen molar-refractivity contribution in [2.45, 2.75) is 59.0 Å². The Balaban J connectivity index is 1.73. The Hall–Kier alpha value is -0.450. The Bertz CT molecular complexity index is 346. The van der Waals surface area contributed by atoms with E-state index < -0.39 is 0 Å². The molecule has 2 fully saturated rings. The lowest BCUT2D eigenvalue weighted by molar-refractivity contribution is -0.122. The lowest BCUT2D eigenvalue weighted by Gasteiger charge is -2.37. The molecule has 0 spiro atoms. The second-order valence-corrected chi connectivity index (χ2v) is 7.55. The molecule has 1 heterocycles. The van der Waals surface area contributed by atoms with Crippen LogP contribution in [0.2, 0.25) is 0 Å². The number of rotatable bonds is 9. The molecule has 0 bridgehead atoms. The zero-order valence-corrected chi connectivity index (χ0v) is 15.0. The number of ketones is 1. The second kappa shape index (κ2) is 8.42. The van der Waals surface area contributed by atoms with Gasteiger partial charge in [0.1, 0.15) is 5.78 Å². The highest BCUT2D eigenvalue weighted by atomic mass is 16.1. The van der Waals surface area contributed by atoms with Gasteiger partial charge >= 0.3 is 0 Å². The molecule has 2 aliphatic rings. The number of hydrogen-bond acceptors (Lipinski definition) is 4. The Labute approximate surface area is 136 Å². The van der Waals surface area contributed by atoms with Crippen LogP contribution in [0.25, 0.3) is 0 Å². The highest BCUT2D eigenvalue weighted by Gasteiger charge is 2.31. The van der Waals surface area contributed by atoms with Gasteiger partial charge in [-0.1, -0.05) is 27.7 Å². The van der Waals surface area contributed by atoms with Crippen LogP contribution in [0.1, 0.15) is 47.0 Å². The summed E-state index contributed by atoms with van der Waals surface area (Å²) in [5.41, 5.74) is 0. The first-order valence-corrected chi connectivity index (χ1v) is 9.23. The minimum Gasteiger partial charge on any atom is -0.312 e. The quantitative estimate of drug-likeness (QED) is 0.706. The average molecular weight is 309 g/mol. The van der Waals surface area contributed by atoms with Gasteiger partial charge < -0.3 is 5.32 Å². The summed E-state index contributed by atoms with van der Waals surface area (Å²) in [6.45, 7) is 15.4. The number of hydrogen-bond donors (Lipinski definition) is 1. The van der Waals surface area contributed by atoms with E-state index in [0.29, 0.717) is 24.2 Å². The van der Waals surface area contributed by atoms with Crippen LogP contribution in [0.4, 0.5) is 0 Å². The maximum absolute atomic E-state index is 11.7. The number of carbonyl (C=O) groups excluding carboxylic acids is 1. The molecule has 0 aromatic heterocycles. The van der Waals surface area contributed by atoms with Crippen LogP contribution in [0.5, 0.6) is 0 Å². The van der Waals surface area contributed by atoms with Gasteiger partial charge in [0.2, 0.25) is 0 Å². The summed E-state index contributed by atoms with van der Waals surface area (Å²) in [6, 6.07) is 1.39. The van der Waals surface area contributed by atoms with Crippen LogP contribution < -0.4 is 5.32 Å². The molecule has 1 saturated heterocycles. The van der Waals surface area contributed by atoms with Gasteiger partial charge in [0.25, 0.3) is 0 Å². The summed E-state index contributed by atoms with van der Waals surface area (Å²) in [4.78, 5) is 17.0. The molecule has 2 rings (SSSR count). The predicted octanol–water partition coefficient (Wildman–Crippen LogP) is 2.00. The van der Waals surface area contributed by atoms with Gasteiger partial charge in [0.05, 0.1) is 0 Å². The number of nitrogens with one attached hydrogen (secondary N) is 1. The maximum atomic E-state index is 11.7. The molecule has 1 N–H and O–H groups in total. The van der Waals surface area contributed by atoms with Crippen molar-refractivity contribution >= 4 is 5.78 Å². The molecule has 2 atom stereocenters. The van der Waals surface area contributed by atoms with E-state index in [0.717, 1.165) is 19.1 Å². The number of piperazine rings is 1. The van der Waals surface area contributed by atoms with Gasteiger partial charge in [-0.25, -0.2) is 0 Å². The molecule has 22 heavy (non-hydrogen) atoms. The predicted molar refractivity (Wildman–Crippen MR) is 92.1 cm³/mol. The van der Waals surface area contributed by atoms with Crippen LogP contribution in [-0.2, 0) is 4.79 Å². The lowest BCUT2D eigenvalue weighted by atomic mass is 10.00. The summed E-state index contributed by atoms with van der Waals surface area (Å²) in [7, 11) is 0. The van der Waals surface area contributed by atoms with Crippen molar-refractivity contribution in [1.29, 1.82) is 0 Å². The summed E-state index contributed by atoms with van der Waals surface area (Å²) in [5.74, 6) is 1.11. The van der Waals surface area contributed by atoms with E-state index in [-0.39, 0.29) is 5.92 Å². The van der Waals surface area contributed by atoms with Crippen LogP contribution in [0.3, 0.4) is 0 Å². The highest BCUT2D eigenvalue weighted by molar-refractivity contribution is 5.80. The van der Waals surface area contributed by atoms with Crippen molar-refractivity contribution in [2.24, 2.45) is 11.8 Å². The zero-order valence-electron chi connectivity index (χ0n) is 15.0. The van der Waals surface area contributed by atoms with Crippen molar-refractivity contribution < 1.29 is 4.79 Å². The van der Waals surface area contributed by atoms with Gasteiger partial charge in [0, 0.05) is 63.7 Å². The minimum atomic E-state index is 0.137. The Morgan fingerprint density at radius 2 is 1.77 bits per heavy atom. The van der Waals surface area contributed by atoms with E-state index in [1.165, 1.54) is 39.0 Å².